The Hall–Kier alpha value is -4.51. The molecular weight excluding hydrogens is 588 g/mol. The molecule has 0 aliphatic carbocycles. The summed E-state index contributed by atoms with van der Waals surface area (Å²) < 4.78 is 5.37. The van der Waals surface area contributed by atoms with Crippen molar-refractivity contribution in [2.45, 2.75) is 84.2 Å². The monoisotopic (exact) mass is 628 g/mol. The summed E-state index contributed by atoms with van der Waals surface area (Å²) in [5.41, 5.74) is 3.30. The van der Waals surface area contributed by atoms with Crippen molar-refractivity contribution in [1.29, 1.82) is 0 Å². The van der Waals surface area contributed by atoms with Crippen LogP contribution in [-0.4, -0.2) is 43.8 Å². The molecule has 0 bridgehead atoms. The second kappa shape index (κ2) is 16.5. The largest absolute Gasteiger partial charge is 0.460 e. The molecule has 236 valence electrons. The van der Waals surface area contributed by atoms with Gasteiger partial charge in [0, 0.05) is 12.8 Å². The van der Waals surface area contributed by atoms with E-state index in [2.05, 4.69) is 31.0 Å². The number of nitrogens with zero attached hydrogens (tertiary/aromatic N) is 4. The summed E-state index contributed by atoms with van der Waals surface area (Å²) in [5.74, 6) is -0.0430. The standard InChI is InChI=1S/C34H40N6O4S/c1-34(2,3)44-32(43)18-10-14-24-13-9-15-26(21-24)23-30(42)36-33-40-39-31(45-33)17-8-7-16-27-19-20-28(38-37-27)35-29(41)22-25-11-5-4-6-12-25/h4-6,9,11-13,15,19-21H,7-8,10,14,16-18,22-23H2,1-3H3,(H,35,38,41)(H,36,40,42). The summed E-state index contributed by atoms with van der Waals surface area (Å²) in [7, 11) is 0. The number of rotatable bonds is 15. The average Bonchev–Trinajstić information content (AvgIpc) is 3.42. The third-order valence-corrected chi connectivity index (χ3v) is 7.50. The Morgan fingerprint density at radius 2 is 1.42 bits per heavy atom. The van der Waals surface area contributed by atoms with Crippen LogP contribution < -0.4 is 10.6 Å². The molecule has 4 aromatic rings. The third kappa shape index (κ3) is 12.6. The minimum Gasteiger partial charge on any atom is -0.460 e. The first-order valence-electron chi connectivity index (χ1n) is 15.2. The molecule has 2 amide bonds. The topological polar surface area (TPSA) is 136 Å². The molecule has 2 aromatic heterocycles. The molecule has 0 saturated carbocycles. The minimum absolute atomic E-state index is 0.131. The predicted molar refractivity (Wildman–Crippen MR) is 175 cm³/mol. The Labute approximate surface area is 268 Å². The quantitative estimate of drug-likeness (QED) is 0.122. The number of unbranched alkanes of at least 4 members (excludes halogenated alkanes) is 1. The van der Waals surface area contributed by atoms with Crippen LogP contribution >= 0.6 is 11.3 Å². The second-order valence-electron chi connectivity index (χ2n) is 11.8. The molecule has 11 heteroatoms. The fourth-order valence-electron chi connectivity index (χ4n) is 4.59. The highest BCUT2D eigenvalue weighted by Crippen LogP contribution is 2.19. The second-order valence-corrected chi connectivity index (χ2v) is 12.9. The maximum atomic E-state index is 12.7. The van der Waals surface area contributed by atoms with Gasteiger partial charge >= 0.3 is 5.97 Å². The third-order valence-electron chi connectivity index (χ3n) is 6.60. The molecule has 0 spiro atoms. The van der Waals surface area contributed by atoms with E-state index in [9.17, 15) is 14.4 Å². The highest BCUT2D eigenvalue weighted by molar-refractivity contribution is 7.15. The maximum absolute atomic E-state index is 12.7. The van der Waals surface area contributed by atoms with Crippen LogP contribution in [0.15, 0.2) is 66.7 Å². The van der Waals surface area contributed by atoms with E-state index in [1.54, 1.807) is 6.07 Å². The van der Waals surface area contributed by atoms with Crippen molar-refractivity contribution in [2.24, 2.45) is 0 Å². The Balaban J connectivity index is 1.13. The molecule has 2 heterocycles. The first-order valence-corrected chi connectivity index (χ1v) is 16.0. The number of amides is 2. The van der Waals surface area contributed by atoms with Crippen LogP contribution in [0.3, 0.4) is 0 Å². The van der Waals surface area contributed by atoms with Crippen molar-refractivity contribution in [3.8, 4) is 0 Å². The van der Waals surface area contributed by atoms with Gasteiger partial charge in [-0.1, -0.05) is 65.9 Å². The highest BCUT2D eigenvalue weighted by atomic mass is 32.1. The van der Waals surface area contributed by atoms with Gasteiger partial charge in [-0.15, -0.1) is 15.3 Å². The molecule has 2 aromatic carbocycles. The zero-order chi connectivity index (χ0) is 32.1. The first-order chi connectivity index (χ1) is 21.6. The summed E-state index contributed by atoms with van der Waals surface area (Å²) >= 11 is 1.38. The molecule has 2 N–H and O–H groups in total. The van der Waals surface area contributed by atoms with Crippen LogP contribution in [0, 0.1) is 0 Å². The number of esters is 1. The lowest BCUT2D eigenvalue weighted by molar-refractivity contribution is -0.154. The van der Waals surface area contributed by atoms with E-state index in [0.717, 1.165) is 59.5 Å². The van der Waals surface area contributed by atoms with Crippen LogP contribution in [0.25, 0.3) is 0 Å². The van der Waals surface area contributed by atoms with Gasteiger partial charge < -0.3 is 15.4 Å². The van der Waals surface area contributed by atoms with Gasteiger partial charge in [-0.25, -0.2) is 0 Å². The number of aryl methyl sites for hydroxylation is 3. The number of hydrogen-bond donors (Lipinski definition) is 2. The zero-order valence-corrected chi connectivity index (χ0v) is 26.9. The van der Waals surface area contributed by atoms with Crippen LogP contribution in [0.5, 0.6) is 0 Å². The van der Waals surface area contributed by atoms with Gasteiger partial charge in [-0.3, -0.25) is 14.4 Å². The average molecular weight is 629 g/mol. The molecule has 45 heavy (non-hydrogen) atoms. The summed E-state index contributed by atoms with van der Waals surface area (Å²) in [6.45, 7) is 5.58. The Bertz CT molecular complexity index is 1550. The number of anilines is 2. The van der Waals surface area contributed by atoms with Crippen molar-refractivity contribution in [1.82, 2.24) is 20.4 Å². The summed E-state index contributed by atoms with van der Waals surface area (Å²) in [6, 6.07) is 21.1. The zero-order valence-electron chi connectivity index (χ0n) is 26.0. The smallest absolute Gasteiger partial charge is 0.306 e. The van der Waals surface area contributed by atoms with Gasteiger partial charge in [0.2, 0.25) is 16.9 Å². The number of benzene rings is 2. The predicted octanol–water partition coefficient (Wildman–Crippen LogP) is 5.92. The number of carbonyl (C=O) groups excluding carboxylic acids is 3. The van der Waals surface area contributed by atoms with Crippen molar-refractivity contribution >= 4 is 40.1 Å². The van der Waals surface area contributed by atoms with E-state index in [1.807, 2.05) is 81.4 Å². The van der Waals surface area contributed by atoms with E-state index in [4.69, 9.17) is 4.74 Å². The number of carbonyl (C=O) groups is 3. The van der Waals surface area contributed by atoms with E-state index in [0.29, 0.717) is 23.8 Å². The number of ether oxygens (including phenoxy) is 1. The van der Waals surface area contributed by atoms with E-state index in [-0.39, 0.29) is 30.6 Å². The molecule has 0 unspecified atom stereocenters. The Kier molecular flexibility index (Phi) is 12.3. The minimum atomic E-state index is -0.478. The molecule has 0 fully saturated rings. The lowest BCUT2D eigenvalue weighted by Gasteiger charge is -2.19. The number of nitrogens with one attached hydrogen (secondary N) is 2. The van der Waals surface area contributed by atoms with Crippen molar-refractivity contribution in [3.63, 3.8) is 0 Å². The van der Waals surface area contributed by atoms with Crippen molar-refractivity contribution < 1.29 is 19.1 Å². The maximum Gasteiger partial charge on any atom is 0.306 e. The molecular formula is C34H40N6O4S. The van der Waals surface area contributed by atoms with Crippen molar-refractivity contribution in [2.75, 3.05) is 10.6 Å². The molecule has 0 saturated heterocycles. The normalized spacial score (nSPS) is 11.2. The molecule has 4 rings (SSSR count). The summed E-state index contributed by atoms with van der Waals surface area (Å²) in [4.78, 5) is 36.8. The van der Waals surface area contributed by atoms with Gasteiger partial charge in [0.1, 0.15) is 10.6 Å². The van der Waals surface area contributed by atoms with Gasteiger partial charge in [0.25, 0.3) is 0 Å². The molecule has 0 aliphatic rings. The first kappa shape index (κ1) is 33.4. The van der Waals surface area contributed by atoms with Crippen LogP contribution in [0.1, 0.15) is 73.8 Å². The lowest BCUT2D eigenvalue weighted by atomic mass is 10.0. The Morgan fingerprint density at radius 3 is 2.18 bits per heavy atom. The van der Waals surface area contributed by atoms with Crippen molar-refractivity contribution in [3.05, 3.63) is 94.1 Å². The molecule has 0 atom stereocenters. The van der Waals surface area contributed by atoms with Gasteiger partial charge in [-0.05, 0) is 81.7 Å². The fraction of sp³-hybridized carbons (Fsp3) is 0.382. The fourth-order valence-corrected chi connectivity index (χ4v) is 5.39. The molecule has 0 radical (unpaired) electrons. The number of aromatic nitrogens is 4. The van der Waals surface area contributed by atoms with Gasteiger partial charge in [0.15, 0.2) is 5.82 Å². The number of hydrogen-bond acceptors (Lipinski definition) is 9. The lowest BCUT2D eigenvalue weighted by Crippen LogP contribution is -2.23. The van der Waals surface area contributed by atoms with E-state index < -0.39 is 5.60 Å². The van der Waals surface area contributed by atoms with Gasteiger partial charge in [0.05, 0.1) is 18.5 Å². The highest BCUT2D eigenvalue weighted by Gasteiger charge is 2.16. The van der Waals surface area contributed by atoms with Crippen LogP contribution in [0.2, 0.25) is 0 Å². The molecule has 10 nitrogen and oxygen atoms in total. The van der Waals surface area contributed by atoms with E-state index in [1.165, 1.54) is 11.3 Å². The van der Waals surface area contributed by atoms with Gasteiger partial charge in [-0.2, -0.15) is 5.10 Å². The van der Waals surface area contributed by atoms with Crippen LogP contribution in [-0.2, 0) is 51.2 Å². The molecule has 0 aliphatic heterocycles. The summed E-state index contributed by atoms with van der Waals surface area (Å²) in [6.07, 6.45) is 5.59. The Morgan fingerprint density at radius 1 is 0.711 bits per heavy atom. The SMILES string of the molecule is CC(C)(C)OC(=O)CCCc1cccc(CC(=O)Nc2nnc(CCCCc3ccc(NC(=O)Cc4ccccc4)nn3)s2)c1. The van der Waals surface area contributed by atoms with E-state index >= 15 is 0 Å². The summed E-state index contributed by atoms with van der Waals surface area (Å²) in [5, 5.41) is 23.7. The van der Waals surface area contributed by atoms with Crippen LogP contribution in [0.4, 0.5) is 10.9 Å².